The van der Waals surface area contributed by atoms with Crippen LogP contribution in [-0.4, -0.2) is 11.6 Å². The van der Waals surface area contributed by atoms with Crippen molar-refractivity contribution in [3.05, 3.63) is 120 Å². The van der Waals surface area contributed by atoms with Crippen LogP contribution in [0, 0.1) is 5.92 Å². The SMILES string of the molecule is O=C(c1ccccc1)C(Cc1cccc2ccccc12)C(=O)c1ccccc1. The molecule has 136 valence electrons. The molecule has 0 atom stereocenters. The highest BCUT2D eigenvalue weighted by atomic mass is 16.2. The van der Waals surface area contributed by atoms with Crippen molar-refractivity contribution in [2.75, 3.05) is 0 Å². The highest BCUT2D eigenvalue weighted by molar-refractivity contribution is 6.16. The largest absolute Gasteiger partial charge is 0.293 e. The predicted molar refractivity (Wildman–Crippen MR) is 113 cm³/mol. The van der Waals surface area contributed by atoms with Gasteiger partial charge in [-0.1, -0.05) is 103 Å². The summed E-state index contributed by atoms with van der Waals surface area (Å²) < 4.78 is 0. The van der Waals surface area contributed by atoms with Gasteiger partial charge in [0.1, 0.15) is 0 Å². The topological polar surface area (TPSA) is 34.1 Å². The lowest BCUT2D eigenvalue weighted by molar-refractivity contribution is 0.0807. The summed E-state index contributed by atoms with van der Waals surface area (Å²) in [5, 5.41) is 2.19. The van der Waals surface area contributed by atoms with Gasteiger partial charge >= 0.3 is 0 Å². The van der Waals surface area contributed by atoms with Crippen LogP contribution in [0.25, 0.3) is 10.8 Å². The van der Waals surface area contributed by atoms with Crippen LogP contribution in [0.3, 0.4) is 0 Å². The van der Waals surface area contributed by atoms with Gasteiger partial charge in [-0.05, 0) is 22.8 Å². The maximum Gasteiger partial charge on any atom is 0.174 e. The first-order valence-corrected chi connectivity index (χ1v) is 9.39. The number of hydrogen-bond donors (Lipinski definition) is 0. The molecule has 0 radical (unpaired) electrons. The van der Waals surface area contributed by atoms with Crippen molar-refractivity contribution in [1.82, 2.24) is 0 Å². The fourth-order valence-electron chi connectivity index (χ4n) is 3.60. The Morgan fingerprint density at radius 2 is 1.07 bits per heavy atom. The molecule has 2 nitrogen and oxygen atoms in total. The Morgan fingerprint density at radius 1 is 0.571 bits per heavy atom. The third-order valence-electron chi connectivity index (χ3n) is 5.05. The fourth-order valence-corrected chi connectivity index (χ4v) is 3.60. The minimum atomic E-state index is -0.754. The molecule has 4 rings (SSSR count). The van der Waals surface area contributed by atoms with Gasteiger partial charge in [-0.25, -0.2) is 0 Å². The Bertz CT molecular complexity index is 1060. The van der Waals surface area contributed by atoms with Gasteiger partial charge in [-0.15, -0.1) is 0 Å². The minimum absolute atomic E-state index is 0.137. The first-order valence-electron chi connectivity index (χ1n) is 9.39. The molecule has 0 bridgehead atoms. The van der Waals surface area contributed by atoms with E-state index in [4.69, 9.17) is 0 Å². The van der Waals surface area contributed by atoms with Crippen LogP contribution in [0.2, 0.25) is 0 Å². The lowest BCUT2D eigenvalue weighted by atomic mass is 9.84. The van der Waals surface area contributed by atoms with Gasteiger partial charge in [-0.2, -0.15) is 0 Å². The maximum atomic E-state index is 13.3. The van der Waals surface area contributed by atoms with Gasteiger partial charge in [0.2, 0.25) is 0 Å². The van der Waals surface area contributed by atoms with E-state index in [1.807, 2.05) is 78.9 Å². The van der Waals surface area contributed by atoms with E-state index < -0.39 is 5.92 Å². The predicted octanol–water partition coefficient (Wildman–Crippen LogP) is 5.76. The number of benzene rings is 4. The highest BCUT2D eigenvalue weighted by Crippen LogP contribution is 2.25. The summed E-state index contributed by atoms with van der Waals surface area (Å²) in [5.74, 6) is -1.03. The normalized spacial score (nSPS) is 10.9. The zero-order chi connectivity index (χ0) is 19.3. The highest BCUT2D eigenvalue weighted by Gasteiger charge is 2.29. The van der Waals surface area contributed by atoms with Crippen LogP contribution in [0.4, 0.5) is 0 Å². The molecule has 0 saturated carbocycles. The van der Waals surface area contributed by atoms with E-state index in [2.05, 4.69) is 0 Å². The second-order valence-electron chi connectivity index (χ2n) is 6.86. The Labute approximate surface area is 164 Å². The molecule has 0 N–H and O–H groups in total. The molecule has 4 aromatic rings. The van der Waals surface area contributed by atoms with Crippen molar-refractivity contribution in [3.8, 4) is 0 Å². The summed E-state index contributed by atoms with van der Waals surface area (Å²) in [6.07, 6.45) is 0.378. The molecule has 0 heterocycles. The van der Waals surface area contributed by atoms with Gasteiger partial charge in [0.05, 0.1) is 5.92 Å². The first-order chi connectivity index (χ1) is 13.7. The number of Topliss-reactive ketones (excluding diaryl/α,β-unsaturated/α-hetero) is 2. The molecule has 28 heavy (non-hydrogen) atoms. The quantitative estimate of drug-likeness (QED) is 0.322. The van der Waals surface area contributed by atoms with E-state index in [0.717, 1.165) is 16.3 Å². The number of rotatable bonds is 6. The van der Waals surface area contributed by atoms with Crippen molar-refractivity contribution >= 4 is 22.3 Å². The molecule has 2 heteroatoms. The van der Waals surface area contributed by atoms with Crippen LogP contribution in [0.15, 0.2) is 103 Å². The molecule has 0 fully saturated rings. The summed E-state index contributed by atoms with van der Waals surface area (Å²) >= 11 is 0. The molecule has 0 aromatic heterocycles. The zero-order valence-corrected chi connectivity index (χ0v) is 15.4. The Morgan fingerprint density at radius 3 is 1.68 bits per heavy atom. The van der Waals surface area contributed by atoms with Gasteiger partial charge in [0.15, 0.2) is 11.6 Å². The van der Waals surface area contributed by atoms with Gasteiger partial charge in [0, 0.05) is 11.1 Å². The Balaban J connectivity index is 1.76. The van der Waals surface area contributed by atoms with Crippen molar-refractivity contribution in [2.24, 2.45) is 5.92 Å². The third kappa shape index (κ3) is 3.63. The minimum Gasteiger partial charge on any atom is -0.293 e. The molecular formula is C26H20O2. The van der Waals surface area contributed by atoms with Gasteiger partial charge < -0.3 is 0 Å². The second-order valence-corrected chi connectivity index (χ2v) is 6.86. The lowest BCUT2D eigenvalue weighted by Crippen LogP contribution is -2.27. The number of ketones is 2. The standard InChI is InChI=1S/C26H20O2/c27-25(20-11-3-1-4-12-20)24(26(28)21-13-5-2-6-14-21)18-22-16-9-15-19-10-7-8-17-23(19)22/h1-17,24H,18H2. The van der Waals surface area contributed by atoms with Gasteiger partial charge in [0.25, 0.3) is 0 Å². The van der Waals surface area contributed by atoms with E-state index in [9.17, 15) is 9.59 Å². The fraction of sp³-hybridized carbons (Fsp3) is 0.0769. The van der Waals surface area contributed by atoms with Crippen LogP contribution < -0.4 is 0 Å². The first kappa shape index (κ1) is 17.9. The molecule has 0 aliphatic heterocycles. The number of fused-ring (bicyclic) bond motifs is 1. The van der Waals surface area contributed by atoms with Gasteiger partial charge in [-0.3, -0.25) is 9.59 Å². The van der Waals surface area contributed by atoms with E-state index in [1.54, 1.807) is 24.3 Å². The molecule has 0 saturated heterocycles. The molecule has 0 amide bonds. The van der Waals surface area contributed by atoms with Crippen LogP contribution >= 0.6 is 0 Å². The van der Waals surface area contributed by atoms with Crippen molar-refractivity contribution in [1.29, 1.82) is 0 Å². The third-order valence-corrected chi connectivity index (χ3v) is 5.05. The zero-order valence-electron chi connectivity index (χ0n) is 15.4. The average Bonchev–Trinajstić information content (AvgIpc) is 2.78. The second kappa shape index (κ2) is 8.01. The van der Waals surface area contributed by atoms with Crippen molar-refractivity contribution in [3.63, 3.8) is 0 Å². The number of hydrogen-bond acceptors (Lipinski definition) is 2. The lowest BCUT2D eigenvalue weighted by Gasteiger charge is -2.17. The molecular weight excluding hydrogens is 344 g/mol. The summed E-state index contributed by atoms with van der Waals surface area (Å²) in [6, 6.07) is 32.3. The Kier molecular flexibility index (Phi) is 5.11. The van der Waals surface area contributed by atoms with E-state index in [-0.39, 0.29) is 11.6 Å². The van der Waals surface area contributed by atoms with E-state index >= 15 is 0 Å². The van der Waals surface area contributed by atoms with Crippen LogP contribution in [0.1, 0.15) is 26.3 Å². The molecule has 0 aliphatic carbocycles. The summed E-state index contributed by atoms with van der Waals surface area (Å²) in [6.45, 7) is 0. The molecule has 0 unspecified atom stereocenters. The summed E-state index contributed by atoms with van der Waals surface area (Å²) in [5.41, 5.74) is 2.14. The van der Waals surface area contributed by atoms with Crippen LogP contribution in [-0.2, 0) is 6.42 Å². The molecule has 0 aliphatic rings. The Hall–Kier alpha value is -3.52. The van der Waals surface area contributed by atoms with Crippen LogP contribution in [0.5, 0.6) is 0 Å². The summed E-state index contributed by atoms with van der Waals surface area (Å²) in [4.78, 5) is 26.6. The molecule has 4 aromatic carbocycles. The van der Waals surface area contributed by atoms with E-state index in [1.165, 1.54) is 0 Å². The van der Waals surface area contributed by atoms with E-state index in [0.29, 0.717) is 17.5 Å². The maximum absolute atomic E-state index is 13.3. The average molecular weight is 364 g/mol. The van der Waals surface area contributed by atoms with Crippen molar-refractivity contribution in [2.45, 2.75) is 6.42 Å². The molecule has 0 spiro atoms. The monoisotopic (exact) mass is 364 g/mol. The number of carbonyl (C=O) groups excluding carboxylic acids is 2. The smallest absolute Gasteiger partial charge is 0.174 e. The van der Waals surface area contributed by atoms with Crippen molar-refractivity contribution < 1.29 is 9.59 Å². The number of carbonyl (C=O) groups is 2. The summed E-state index contributed by atoms with van der Waals surface area (Å²) in [7, 11) is 0.